The molecule has 0 amide bonds. The highest BCUT2D eigenvalue weighted by molar-refractivity contribution is 6.88. The van der Waals surface area contributed by atoms with E-state index in [0.29, 0.717) is 49.9 Å². The van der Waals surface area contributed by atoms with Crippen LogP contribution in [-0.2, 0) is 58.4 Å². The van der Waals surface area contributed by atoms with Crippen LogP contribution in [0.5, 0.6) is 34.5 Å². The standard InChI is InChI=1S/C69H86F18O10Si6/c1-98(2,37-17-23-45-21-13-15-27-55(45)88)94-102(9,10)96-100(5,6)39-19-25-47-41-49(29-33-57(47)90)62(66(76,77)78,67(79,80)81)53-43-51(31-35-59(53)92)61(64(70,71)72,65(73,74)75)52-32-36-60(93)54(44-52)63(68(82,83)84,69(85,86)87)50-30-34-58(91)48(42-50)26-20-40-101(7,8)97-103(11,12)95-99(3,4)38-18-24-46-22-14-16-28-56(46)89/h13-16,21-22,27-36,41-44,88-93H,17-20,23-26,37-40H2,1-12H3. The van der Waals surface area contributed by atoms with Crippen LogP contribution in [-0.4, -0.2) is 118 Å². The number of hydrogen-bond donors (Lipinski definition) is 6. The van der Waals surface area contributed by atoms with Gasteiger partial charge >= 0.3 is 54.2 Å². The van der Waals surface area contributed by atoms with E-state index >= 15 is 79.0 Å². The van der Waals surface area contributed by atoms with E-state index in [9.17, 15) is 30.6 Å². The minimum Gasteiger partial charge on any atom is -0.508 e. The van der Waals surface area contributed by atoms with Crippen molar-refractivity contribution >= 4 is 50.4 Å². The van der Waals surface area contributed by atoms with Crippen molar-refractivity contribution in [3.8, 4) is 34.5 Å². The maximum Gasteiger partial charge on any atom is 0.411 e. The average Bonchev–Trinajstić information content (AvgIpc) is 0.695. The Morgan fingerprint density at radius 1 is 0.262 bits per heavy atom. The van der Waals surface area contributed by atoms with Crippen LogP contribution in [0.15, 0.2) is 121 Å². The number of phenols is 6. The van der Waals surface area contributed by atoms with Gasteiger partial charge in [-0.05, 0) is 247 Å². The predicted molar refractivity (Wildman–Crippen MR) is 369 cm³/mol. The lowest BCUT2D eigenvalue weighted by Crippen LogP contribution is -2.57. The number of alkyl halides is 18. The third-order valence-corrected chi connectivity index (χ3v) is 41.2. The number of benzene rings is 6. The van der Waals surface area contributed by atoms with Gasteiger partial charge in [-0.3, -0.25) is 0 Å². The fraction of sp³-hybridized carbons (Fsp3) is 0.478. The Morgan fingerprint density at radius 2 is 0.476 bits per heavy atom. The van der Waals surface area contributed by atoms with Gasteiger partial charge in [0.2, 0.25) is 16.2 Å². The number of phenolic OH excluding ortho intramolecular Hbond substituents is 6. The molecule has 0 aliphatic heterocycles. The highest BCUT2D eigenvalue weighted by Gasteiger charge is 2.78. The van der Waals surface area contributed by atoms with E-state index < -0.39 is 220 Å². The first-order valence-corrected chi connectivity index (χ1v) is 50.9. The molecule has 6 rings (SSSR count). The molecule has 6 aromatic rings. The number of aryl methyl sites for hydroxylation is 4. The van der Waals surface area contributed by atoms with Crippen molar-refractivity contribution in [2.24, 2.45) is 0 Å². The molecule has 0 saturated heterocycles. The zero-order valence-electron chi connectivity index (χ0n) is 58.7. The molecule has 0 unspecified atom stereocenters. The Hall–Kier alpha value is -6.00. The SMILES string of the molecule is C[Si](C)(CCCc1ccccc1O)O[Si](C)(C)O[Si](C)(C)CCCc1cc(C(c2cc(C(c3ccc(O)c(C(c4ccc(O)c(CCC[Si](C)(C)O[Si](C)(C)O[Si](C)(C)CCCc5ccccc5O)c4)(C(F)(F)F)C(F)(F)F)c3)(C(F)(F)F)C(F)(F)F)ccc2O)(C(F)(F)F)C(F)(F)F)ccc1O. The normalized spacial score (nSPS) is 14.2. The van der Waals surface area contributed by atoms with Crippen molar-refractivity contribution in [1.29, 1.82) is 0 Å². The van der Waals surface area contributed by atoms with Crippen LogP contribution in [0.2, 0.25) is 103 Å². The lowest BCUT2D eigenvalue weighted by molar-refractivity contribution is -0.290. The molecule has 0 spiro atoms. The fourth-order valence-electron chi connectivity index (χ4n) is 14.2. The van der Waals surface area contributed by atoms with Crippen LogP contribution in [0, 0.1) is 0 Å². The van der Waals surface area contributed by atoms with Gasteiger partial charge in [-0.2, -0.15) is 79.0 Å². The van der Waals surface area contributed by atoms with E-state index in [4.69, 9.17) is 16.5 Å². The molecular weight excluding hydrogens is 1500 g/mol. The second kappa shape index (κ2) is 30.7. The minimum atomic E-state index is -7.22. The zero-order valence-corrected chi connectivity index (χ0v) is 64.7. The van der Waals surface area contributed by atoms with Gasteiger partial charge in [-0.15, -0.1) is 0 Å². The maximum atomic E-state index is 16.2. The molecule has 6 N–H and O–H groups in total. The smallest absolute Gasteiger partial charge is 0.411 e. The summed E-state index contributed by atoms with van der Waals surface area (Å²) in [6.45, 7) is 21.9. The van der Waals surface area contributed by atoms with Crippen LogP contribution < -0.4 is 0 Å². The largest absolute Gasteiger partial charge is 0.508 e. The van der Waals surface area contributed by atoms with Gasteiger partial charge in [0.25, 0.3) is 0 Å². The van der Waals surface area contributed by atoms with Gasteiger partial charge in [0.1, 0.15) is 34.5 Å². The van der Waals surface area contributed by atoms with E-state index in [2.05, 4.69) is 0 Å². The average molecular weight is 1590 g/mol. The number of hydrogen-bond acceptors (Lipinski definition) is 10. The van der Waals surface area contributed by atoms with Crippen molar-refractivity contribution in [3.05, 3.63) is 177 Å². The molecule has 0 bridgehead atoms. The van der Waals surface area contributed by atoms with E-state index in [1.54, 1.807) is 101 Å². The molecule has 0 aliphatic carbocycles. The molecule has 0 saturated carbocycles. The monoisotopic (exact) mass is 1580 g/mol. The van der Waals surface area contributed by atoms with Gasteiger partial charge in [-0.1, -0.05) is 72.8 Å². The molecule has 0 aromatic heterocycles. The topological polar surface area (TPSA) is 158 Å². The van der Waals surface area contributed by atoms with E-state index in [0.717, 1.165) is 11.1 Å². The van der Waals surface area contributed by atoms with Crippen LogP contribution in [0.1, 0.15) is 81.3 Å². The third kappa shape index (κ3) is 19.2. The molecule has 572 valence electrons. The quantitative estimate of drug-likeness (QED) is 0.0189. The molecule has 0 radical (unpaired) electrons. The summed E-state index contributed by atoms with van der Waals surface area (Å²) < 4.78 is 316. The van der Waals surface area contributed by atoms with Crippen molar-refractivity contribution in [2.75, 3.05) is 0 Å². The summed E-state index contributed by atoms with van der Waals surface area (Å²) in [5.41, 5.74) is -33.0. The number of rotatable bonds is 30. The third-order valence-electron chi connectivity index (χ3n) is 18.2. The van der Waals surface area contributed by atoms with Crippen LogP contribution >= 0.6 is 0 Å². The lowest BCUT2D eigenvalue weighted by Gasteiger charge is -2.42. The molecule has 0 fully saturated rings. The summed E-state index contributed by atoms with van der Waals surface area (Å²) in [4.78, 5) is 0. The Balaban J connectivity index is 1.39. The van der Waals surface area contributed by atoms with Gasteiger partial charge in [-0.25, -0.2) is 0 Å². The second-order valence-corrected chi connectivity index (χ2v) is 54.2. The predicted octanol–water partition coefficient (Wildman–Crippen LogP) is 21.6. The maximum absolute atomic E-state index is 16.2. The number of para-hydroxylation sites is 2. The van der Waals surface area contributed by atoms with Crippen molar-refractivity contribution in [3.63, 3.8) is 0 Å². The van der Waals surface area contributed by atoms with E-state index in [1.807, 2.05) is 26.2 Å². The van der Waals surface area contributed by atoms with Crippen molar-refractivity contribution in [2.45, 2.75) is 207 Å². The van der Waals surface area contributed by atoms with Crippen LogP contribution in [0.4, 0.5) is 79.0 Å². The highest BCUT2D eigenvalue weighted by Crippen LogP contribution is 2.64. The summed E-state index contributed by atoms with van der Waals surface area (Å²) in [7, 11) is -16.8. The van der Waals surface area contributed by atoms with E-state index in [-0.39, 0.29) is 60.7 Å². The Kier molecular flexibility index (Phi) is 25.6. The molecule has 0 atom stereocenters. The summed E-state index contributed by atoms with van der Waals surface area (Å²) in [6, 6.07) is 12.2. The summed E-state index contributed by atoms with van der Waals surface area (Å²) in [5.74, 6) is -6.12. The Bertz CT molecular complexity index is 3630. The van der Waals surface area contributed by atoms with E-state index in [1.165, 1.54) is 0 Å². The van der Waals surface area contributed by atoms with Crippen molar-refractivity contribution < 1.29 is 126 Å². The number of halogens is 18. The molecule has 34 heteroatoms. The van der Waals surface area contributed by atoms with Gasteiger partial charge < -0.3 is 47.1 Å². The summed E-state index contributed by atoms with van der Waals surface area (Å²) in [5, 5.41) is 64.6. The molecule has 103 heavy (non-hydrogen) atoms. The second-order valence-electron chi connectivity index (χ2n) is 29.3. The summed E-state index contributed by atoms with van der Waals surface area (Å²) in [6.07, 6.45) is -41.1. The van der Waals surface area contributed by atoms with Crippen LogP contribution in [0.25, 0.3) is 0 Å². The van der Waals surface area contributed by atoms with Crippen molar-refractivity contribution in [1.82, 2.24) is 0 Å². The molecular formula is C69H86F18O10Si6. The number of aromatic hydroxyl groups is 6. The van der Waals surface area contributed by atoms with Gasteiger partial charge in [0.05, 0.1) is 0 Å². The van der Waals surface area contributed by atoms with Gasteiger partial charge in [0.15, 0.2) is 33.3 Å². The van der Waals surface area contributed by atoms with Crippen LogP contribution in [0.3, 0.4) is 0 Å². The first-order valence-electron chi connectivity index (χ1n) is 32.8. The first kappa shape index (κ1) is 85.9. The van der Waals surface area contributed by atoms with Gasteiger partial charge in [0, 0.05) is 11.1 Å². The molecule has 0 heterocycles. The minimum absolute atomic E-state index is 0.00777. The zero-order chi connectivity index (χ0) is 78.2. The molecule has 6 aromatic carbocycles. The highest BCUT2D eigenvalue weighted by atomic mass is 28.5. The summed E-state index contributed by atoms with van der Waals surface area (Å²) >= 11 is 0. The Morgan fingerprint density at radius 3 is 0.718 bits per heavy atom. The lowest BCUT2D eigenvalue weighted by atomic mass is 9.66. The Labute approximate surface area is 592 Å². The molecule has 10 nitrogen and oxygen atoms in total. The molecule has 0 aliphatic rings. The first-order chi connectivity index (χ1) is 46.7. The fourth-order valence-corrected chi connectivity index (χ4v) is 42.3.